The van der Waals surface area contributed by atoms with Crippen LogP contribution < -0.4 is 10.3 Å². The lowest BCUT2D eigenvalue weighted by molar-refractivity contribution is -0.139. The summed E-state index contributed by atoms with van der Waals surface area (Å²) in [5.74, 6) is 1.76. The molecule has 4 fully saturated rings. The highest BCUT2D eigenvalue weighted by Crippen LogP contribution is 2.57. The summed E-state index contributed by atoms with van der Waals surface area (Å²) in [5, 5.41) is 0. The number of amides is 1. The molecule has 6 heteroatoms. The number of sulfonamides is 1. The van der Waals surface area contributed by atoms with Gasteiger partial charge in [-0.25, -0.2) is 8.42 Å². The van der Waals surface area contributed by atoms with Gasteiger partial charge in [0.1, 0.15) is 0 Å². The van der Waals surface area contributed by atoms with Crippen molar-refractivity contribution < 1.29 is 13.2 Å². The summed E-state index contributed by atoms with van der Waals surface area (Å²) >= 11 is 0. The number of hydrazine groups is 1. The van der Waals surface area contributed by atoms with Gasteiger partial charge >= 0.3 is 0 Å². The molecule has 2 N–H and O–H groups in total. The quantitative estimate of drug-likeness (QED) is 0.809. The molecule has 1 amide bonds. The Balaban J connectivity index is 1.48. The van der Waals surface area contributed by atoms with Crippen molar-refractivity contribution >= 4 is 15.9 Å². The number of benzene rings is 1. The SMILES string of the molecule is Cc1ccc(S(=O)(=O)NNC(=O)C23CC4C[C@@H](CC[C@H](C4)C2)C3)cc1. The molecule has 1 aromatic rings. The molecule has 0 radical (unpaired) electrons. The third kappa shape index (κ3) is 3.22. The summed E-state index contributed by atoms with van der Waals surface area (Å²) in [5.41, 5.74) is 3.17. The van der Waals surface area contributed by atoms with Crippen LogP contribution in [0.3, 0.4) is 0 Å². The van der Waals surface area contributed by atoms with Crippen molar-refractivity contribution in [1.82, 2.24) is 10.3 Å². The number of carbonyl (C=O) groups excluding carboxylic acids is 1. The molecular formula is C19H26N2O3S. The van der Waals surface area contributed by atoms with E-state index in [1.807, 2.05) is 6.92 Å². The Labute approximate surface area is 149 Å². The van der Waals surface area contributed by atoms with Gasteiger partial charge in [0.05, 0.1) is 10.3 Å². The number of hydrogen-bond donors (Lipinski definition) is 2. The number of nitrogens with one attached hydrogen (secondary N) is 2. The normalized spacial score (nSPS) is 33.9. The van der Waals surface area contributed by atoms with Crippen molar-refractivity contribution in [2.45, 2.75) is 56.8 Å². The molecule has 25 heavy (non-hydrogen) atoms. The van der Waals surface area contributed by atoms with Crippen molar-refractivity contribution in [3.63, 3.8) is 0 Å². The maximum atomic E-state index is 12.9. The van der Waals surface area contributed by atoms with E-state index in [0.717, 1.165) is 24.8 Å². The van der Waals surface area contributed by atoms with Gasteiger partial charge in [0, 0.05) is 0 Å². The molecule has 4 bridgehead atoms. The first-order valence-electron chi connectivity index (χ1n) is 9.25. The first-order valence-corrected chi connectivity index (χ1v) is 10.7. The van der Waals surface area contributed by atoms with Gasteiger partial charge in [-0.15, -0.1) is 4.83 Å². The van der Waals surface area contributed by atoms with Crippen LogP contribution >= 0.6 is 0 Å². The molecule has 2 atom stereocenters. The average molecular weight is 362 g/mol. The summed E-state index contributed by atoms with van der Waals surface area (Å²) in [6.07, 6.45) is 7.70. The minimum absolute atomic E-state index is 0.135. The summed E-state index contributed by atoms with van der Waals surface area (Å²) in [7, 11) is -3.73. The smallest absolute Gasteiger partial charge is 0.257 e. The van der Waals surface area contributed by atoms with Crippen LogP contribution in [0.1, 0.15) is 50.5 Å². The van der Waals surface area contributed by atoms with Crippen molar-refractivity contribution in [2.75, 3.05) is 0 Å². The van der Waals surface area contributed by atoms with Crippen LogP contribution in [0, 0.1) is 30.1 Å². The molecule has 0 unspecified atom stereocenters. The second-order valence-electron chi connectivity index (χ2n) is 8.41. The Morgan fingerprint density at radius 3 is 2.16 bits per heavy atom. The average Bonchev–Trinajstić information content (AvgIpc) is 2.79. The molecule has 1 aromatic carbocycles. The highest BCUT2D eigenvalue weighted by Gasteiger charge is 2.52. The van der Waals surface area contributed by atoms with Gasteiger partial charge < -0.3 is 0 Å². The molecular weight excluding hydrogens is 336 g/mol. The molecule has 0 spiro atoms. The van der Waals surface area contributed by atoms with Gasteiger partial charge in [-0.3, -0.25) is 10.2 Å². The topological polar surface area (TPSA) is 75.3 Å². The first-order chi connectivity index (χ1) is 11.9. The molecule has 136 valence electrons. The lowest BCUT2D eigenvalue weighted by Crippen LogP contribution is -2.53. The minimum Gasteiger partial charge on any atom is -0.277 e. The van der Waals surface area contributed by atoms with Crippen molar-refractivity contribution in [1.29, 1.82) is 0 Å². The van der Waals surface area contributed by atoms with E-state index < -0.39 is 10.0 Å². The largest absolute Gasteiger partial charge is 0.277 e. The Kier molecular flexibility index (Phi) is 4.15. The minimum atomic E-state index is -3.73. The zero-order valence-electron chi connectivity index (χ0n) is 14.6. The third-order valence-electron chi connectivity index (χ3n) is 6.47. The fourth-order valence-corrected chi connectivity index (χ4v) is 6.33. The lowest BCUT2D eigenvalue weighted by Gasteiger charge is -2.46. The van der Waals surface area contributed by atoms with Crippen molar-refractivity contribution in [3.05, 3.63) is 29.8 Å². The first kappa shape index (κ1) is 17.0. The van der Waals surface area contributed by atoms with Crippen LogP contribution in [0.2, 0.25) is 0 Å². The van der Waals surface area contributed by atoms with Crippen molar-refractivity contribution in [2.24, 2.45) is 23.2 Å². The van der Waals surface area contributed by atoms with Crippen LogP contribution in [0.5, 0.6) is 0 Å². The number of carbonyl (C=O) groups is 1. The summed E-state index contributed by atoms with van der Waals surface area (Å²) in [4.78, 5) is 15.4. The fraction of sp³-hybridized carbons (Fsp3) is 0.632. The van der Waals surface area contributed by atoms with Crippen molar-refractivity contribution in [3.8, 4) is 0 Å². The Morgan fingerprint density at radius 2 is 1.56 bits per heavy atom. The number of hydrogen-bond acceptors (Lipinski definition) is 3. The summed E-state index contributed by atoms with van der Waals surface area (Å²) in [6.45, 7) is 1.90. The maximum Gasteiger partial charge on any atom is 0.257 e. The molecule has 0 aliphatic heterocycles. The highest BCUT2D eigenvalue weighted by atomic mass is 32.2. The molecule has 5 rings (SSSR count). The molecule has 4 saturated carbocycles. The third-order valence-corrected chi connectivity index (χ3v) is 7.73. The van der Waals surface area contributed by atoms with E-state index in [4.69, 9.17) is 0 Å². The molecule has 0 saturated heterocycles. The van der Waals surface area contributed by atoms with Gasteiger partial charge in [0.25, 0.3) is 10.0 Å². The van der Waals surface area contributed by atoms with E-state index in [1.165, 1.54) is 25.7 Å². The predicted molar refractivity (Wildman–Crippen MR) is 94.9 cm³/mol. The second kappa shape index (κ2) is 6.09. The van der Waals surface area contributed by atoms with Crippen LogP contribution in [0.15, 0.2) is 29.2 Å². The Bertz CT molecular complexity index is 756. The van der Waals surface area contributed by atoms with E-state index in [2.05, 4.69) is 10.3 Å². The predicted octanol–water partition coefficient (Wildman–Crippen LogP) is 2.91. The number of fused-ring (bicyclic) bond motifs is 1. The van der Waals surface area contributed by atoms with Crippen LogP contribution in [-0.4, -0.2) is 14.3 Å². The summed E-state index contributed by atoms with van der Waals surface area (Å²) in [6, 6.07) is 6.61. The van der Waals surface area contributed by atoms with Crippen LogP contribution in [0.4, 0.5) is 0 Å². The molecule has 4 aliphatic rings. The molecule has 4 aliphatic carbocycles. The number of aryl methyl sites for hydroxylation is 1. The summed E-state index contributed by atoms with van der Waals surface area (Å²) < 4.78 is 24.8. The maximum absolute atomic E-state index is 12.9. The molecule has 5 nitrogen and oxygen atoms in total. The van der Waals surface area contributed by atoms with Crippen LogP contribution in [-0.2, 0) is 14.8 Å². The zero-order valence-corrected chi connectivity index (χ0v) is 15.4. The fourth-order valence-electron chi connectivity index (χ4n) is 5.49. The standard InChI is InChI=1S/C19H26N2O3S/c1-13-2-6-17(7-3-13)25(23,24)21-20-18(22)19-10-14-4-5-15(11-19)9-16(8-14)12-19/h2-3,6-7,14-16,21H,4-5,8-12H2,1H3,(H,20,22)/t14-,15-,16?,19?/m1/s1. The highest BCUT2D eigenvalue weighted by molar-refractivity contribution is 7.89. The van der Waals surface area contributed by atoms with E-state index in [0.29, 0.717) is 17.8 Å². The van der Waals surface area contributed by atoms with Gasteiger partial charge in [-0.05, 0) is 68.9 Å². The molecule has 0 aromatic heterocycles. The monoisotopic (exact) mass is 362 g/mol. The van der Waals surface area contributed by atoms with Gasteiger partial charge in [-0.1, -0.05) is 30.5 Å². The van der Waals surface area contributed by atoms with Gasteiger partial charge in [0.15, 0.2) is 0 Å². The Hall–Kier alpha value is -1.40. The van der Waals surface area contributed by atoms with Gasteiger partial charge in [0.2, 0.25) is 5.91 Å². The van der Waals surface area contributed by atoms with E-state index in [1.54, 1.807) is 24.3 Å². The van der Waals surface area contributed by atoms with Crippen LogP contribution in [0.25, 0.3) is 0 Å². The lowest BCUT2D eigenvalue weighted by atomic mass is 9.58. The molecule has 0 heterocycles. The number of rotatable bonds is 4. The Morgan fingerprint density at radius 1 is 1.00 bits per heavy atom. The van der Waals surface area contributed by atoms with E-state index in [9.17, 15) is 13.2 Å². The van der Waals surface area contributed by atoms with E-state index >= 15 is 0 Å². The van der Waals surface area contributed by atoms with Gasteiger partial charge in [-0.2, -0.15) is 0 Å². The second-order valence-corrected chi connectivity index (χ2v) is 10.1. The zero-order chi connectivity index (χ0) is 17.7. The van der Waals surface area contributed by atoms with E-state index in [-0.39, 0.29) is 16.2 Å².